The number of hydrogen-bond acceptors (Lipinski definition) is 5. The van der Waals surface area contributed by atoms with E-state index in [1.165, 1.54) is 11.5 Å². The lowest BCUT2D eigenvalue weighted by Gasteiger charge is -2.17. The minimum Gasteiger partial charge on any atom is -0.383 e. The zero-order chi connectivity index (χ0) is 22.7. The maximum Gasteiger partial charge on any atom is 0.267 e. The highest BCUT2D eigenvalue weighted by molar-refractivity contribution is 7.08. The van der Waals surface area contributed by atoms with Gasteiger partial charge in [-0.25, -0.2) is 0 Å². The van der Waals surface area contributed by atoms with Crippen LogP contribution in [0.4, 0.5) is 5.69 Å². The summed E-state index contributed by atoms with van der Waals surface area (Å²) in [6.45, 7) is 0.903. The lowest BCUT2D eigenvalue weighted by atomic mass is 10.0. The molecule has 1 aromatic heterocycles. The molecule has 1 N–H and O–H groups in total. The molecule has 4 rings (SSSR count). The highest BCUT2D eigenvalue weighted by Gasteiger charge is 2.33. The van der Waals surface area contributed by atoms with Crippen molar-refractivity contribution in [2.24, 2.45) is 0 Å². The van der Waals surface area contributed by atoms with Gasteiger partial charge in [0.25, 0.3) is 11.8 Å². The van der Waals surface area contributed by atoms with E-state index in [1.54, 1.807) is 37.3 Å². The maximum absolute atomic E-state index is 13.1. The van der Waals surface area contributed by atoms with E-state index in [0.29, 0.717) is 35.2 Å². The first-order valence-corrected chi connectivity index (χ1v) is 11.5. The normalized spacial score (nSPS) is 13.1. The Morgan fingerprint density at radius 3 is 2.62 bits per heavy atom. The zero-order valence-corrected chi connectivity index (χ0v) is 19.5. The van der Waals surface area contributed by atoms with Gasteiger partial charge in [-0.2, -0.15) is 4.37 Å². The van der Waals surface area contributed by atoms with Crippen molar-refractivity contribution in [3.63, 3.8) is 0 Å². The van der Waals surface area contributed by atoms with Gasteiger partial charge in [0.2, 0.25) is 0 Å². The molecule has 1 heterocycles. The van der Waals surface area contributed by atoms with Gasteiger partial charge in [0, 0.05) is 37.5 Å². The number of aromatic nitrogens is 1. The largest absolute Gasteiger partial charge is 0.383 e. The second kappa shape index (κ2) is 9.81. The first-order valence-electron chi connectivity index (χ1n) is 10.4. The van der Waals surface area contributed by atoms with Crippen LogP contribution in [-0.4, -0.2) is 48.4 Å². The van der Waals surface area contributed by atoms with Crippen LogP contribution >= 0.6 is 23.1 Å². The van der Waals surface area contributed by atoms with Gasteiger partial charge >= 0.3 is 0 Å². The molecule has 2 aromatic carbocycles. The molecule has 3 aromatic rings. The molecule has 0 atom stereocenters. The molecule has 1 aliphatic rings. The molecule has 2 amide bonds. The number of ether oxygens (including phenoxy) is 1. The first kappa shape index (κ1) is 22.5. The minimum absolute atomic E-state index is 0.198. The van der Waals surface area contributed by atoms with Crippen molar-refractivity contribution in [2.45, 2.75) is 18.8 Å². The number of hydrogen-bond donors (Lipinski definition) is 1. The zero-order valence-electron chi connectivity index (χ0n) is 17.9. The fourth-order valence-corrected chi connectivity index (χ4v) is 4.65. The Balaban J connectivity index is 1.53. The summed E-state index contributed by atoms with van der Waals surface area (Å²) in [6.07, 6.45) is 2.13. The molecule has 0 aliphatic heterocycles. The van der Waals surface area contributed by atoms with E-state index in [2.05, 4.69) is 9.69 Å². The average molecular weight is 470 g/mol. The van der Waals surface area contributed by atoms with Crippen LogP contribution in [0.25, 0.3) is 11.3 Å². The lowest BCUT2D eigenvalue weighted by molar-refractivity contribution is 0.0744. The predicted octanol–water partition coefficient (Wildman–Crippen LogP) is 5.31. The molecular weight excluding hydrogens is 446 g/mol. The average Bonchev–Trinajstić information content (AvgIpc) is 3.55. The topological polar surface area (TPSA) is 71.5 Å². The monoisotopic (exact) mass is 469 g/mol. The Morgan fingerprint density at radius 2 is 1.97 bits per heavy atom. The fraction of sp³-hybridized carbons (Fsp3) is 0.292. The molecule has 0 spiro atoms. The third-order valence-electron chi connectivity index (χ3n) is 5.40. The van der Waals surface area contributed by atoms with E-state index >= 15 is 0 Å². The van der Waals surface area contributed by atoms with Gasteiger partial charge in [-0.1, -0.05) is 41.9 Å². The predicted molar refractivity (Wildman–Crippen MR) is 128 cm³/mol. The molecule has 6 nitrogen and oxygen atoms in total. The number of halogens is 1. The third-order valence-corrected chi connectivity index (χ3v) is 6.58. The molecule has 166 valence electrons. The Labute approximate surface area is 196 Å². The van der Waals surface area contributed by atoms with Crippen LogP contribution in [0.15, 0.2) is 48.5 Å². The maximum atomic E-state index is 13.1. The Kier molecular flexibility index (Phi) is 6.89. The second-order valence-corrected chi connectivity index (χ2v) is 8.96. The van der Waals surface area contributed by atoms with E-state index < -0.39 is 0 Å². The van der Waals surface area contributed by atoms with Crippen molar-refractivity contribution >= 4 is 40.6 Å². The summed E-state index contributed by atoms with van der Waals surface area (Å²) in [5.41, 5.74) is 3.85. The van der Waals surface area contributed by atoms with E-state index in [-0.39, 0.29) is 16.8 Å². The Morgan fingerprint density at radius 1 is 1.22 bits per heavy atom. The molecule has 0 radical (unpaired) electrons. The number of benzene rings is 2. The molecule has 0 saturated heterocycles. The number of rotatable bonds is 8. The summed E-state index contributed by atoms with van der Waals surface area (Å²) in [7, 11) is 3.28. The van der Waals surface area contributed by atoms with E-state index in [4.69, 9.17) is 16.3 Å². The smallest absolute Gasteiger partial charge is 0.267 e. The molecule has 0 bridgehead atoms. The molecule has 1 saturated carbocycles. The van der Waals surface area contributed by atoms with Gasteiger partial charge < -0.3 is 15.0 Å². The van der Waals surface area contributed by atoms with Crippen LogP contribution in [0.1, 0.15) is 44.4 Å². The van der Waals surface area contributed by atoms with Crippen molar-refractivity contribution < 1.29 is 14.3 Å². The SMILES string of the molecule is COCCN(C)C(=O)c1ccc(NC(=O)c2snc(-c3ccccc3)c2C2CC2)cc1Cl. The number of amides is 2. The third kappa shape index (κ3) is 4.85. The second-order valence-electron chi connectivity index (χ2n) is 7.78. The summed E-state index contributed by atoms with van der Waals surface area (Å²) in [6, 6.07) is 14.9. The van der Waals surface area contributed by atoms with Crippen LogP contribution in [0.2, 0.25) is 5.02 Å². The van der Waals surface area contributed by atoms with Crippen LogP contribution in [0.5, 0.6) is 0 Å². The number of likely N-dealkylation sites (N-methyl/N-ethyl adjacent to an activating group) is 1. The quantitative estimate of drug-likeness (QED) is 0.485. The summed E-state index contributed by atoms with van der Waals surface area (Å²) in [5, 5.41) is 3.20. The van der Waals surface area contributed by atoms with Crippen LogP contribution in [-0.2, 0) is 4.74 Å². The number of nitrogens with one attached hydrogen (secondary N) is 1. The lowest BCUT2D eigenvalue weighted by Crippen LogP contribution is -2.30. The van der Waals surface area contributed by atoms with Crippen LogP contribution < -0.4 is 5.32 Å². The summed E-state index contributed by atoms with van der Waals surface area (Å²) in [4.78, 5) is 27.9. The van der Waals surface area contributed by atoms with Gasteiger partial charge in [0.05, 0.1) is 22.9 Å². The van der Waals surface area contributed by atoms with Gasteiger partial charge in [-0.3, -0.25) is 9.59 Å². The van der Waals surface area contributed by atoms with Crippen molar-refractivity contribution in [1.29, 1.82) is 0 Å². The highest BCUT2D eigenvalue weighted by atomic mass is 35.5. The van der Waals surface area contributed by atoms with Gasteiger partial charge in [0.15, 0.2) is 0 Å². The Hall–Kier alpha value is -2.74. The molecule has 0 unspecified atom stereocenters. The number of nitrogens with zero attached hydrogens (tertiary/aromatic N) is 2. The molecule has 8 heteroatoms. The molecule has 1 aliphatic carbocycles. The fourth-order valence-electron chi connectivity index (χ4n) is 3.51. The molecule has 32 heavy (non-hydrogen) atoms. The van der Waals surface area contributed by atoms with E-state index in [1.807, 2.05) is 30.3 Å². The standard InChI is InChI=1S/C24H24ClN3O3S/c1-28(12-13-31-2)24(30)18-11-10-17(14-19(18)25)26-23(29)22-20(15-8-9-15)21(27-32-22)16-6-4-3-5-7-16/h3-7,10-11,14-15H,8-9,12-13H2,1-2H3,(H,26,29). The molecule has 1 fully saturated rings. The van der Waals surface area contributed by atoms with Gasteiger partial charge in [-0.05, 0) is 48.5 Å². The van der Waals surface area contributed by atoms with Crippen LogP contribution in [0, 0.1) is 0 Å². The van der Waals surface area contributed by atoms with E-state index in [9.17, 15) is 9.59 Å². The number of carbonyl (C=O) groups excluding carboxylic acids is 2. The minimum atomic E-state index is -0.209. The Bertz CT molecular complexity index is 1130. The van der Waals surface area contributed by atoms with Crippen molar-refractivity contribution in [1.82, 2.24) is 9.27 Å². The van der Waals surface area contributed by atoms with Crippen LogP contribution in [0.3, 0.4) is 0 Å². The first-order chi connectivity index (χ1) is 15.5. The van der Waals surface area contributed by atoms with Gasteiger partial charge in [-0.15, -0.1) is 0 Å². The summed E-state index contributed by atoms with van der Waals surface area (Å²) >= 11 is 7.59. The molecular formula is C24H24ClN3O3S. The highest BCUT2D eigenvalue weighted by Crippen LogP contribution is 2.47. The number of anilines is 1. The van der Waals surface area contributed by atoms with Crippen molar-refractivity contribution in [2.75, 3.05) is 32.6 Å². The summed E-state index contributed by atoms with van der Waals surface area (Å²) < 4.78 is 9.62. The van der Waals surface area contributed by atoms with Gasteiger partial charge in [0.1, 0.15) is 4.88 Å². The van der Waals surface area contributed by atoms with Crippen molar-refractivity contribution in [3.05, 3.63) is 69.6 Å². The number of carbonyl (C=O) groups is 2. The number of methoxy groups -OCH3 is 1. The van der Waals surface area contributed by atoms with Crippen molar-refractivity contribution in [3.8, 4) is 11.3 Å². The van der Waals surface area contributed by atoms with E-state index in [0.717, 1.165) is 29.7 Å². The summed E-state index contributed by atoms with van der Waals surface area (Å²) in [5.74, 6) is -0.0363.